The van der Waals surface area contributed by atoms with Gasteiger partial charge in [-0.3, -0.25) is 19.7 Å². The van der Waals surface area contributed by atoms with Gasteiger partial charge < -0.3 is 25.6 Å². The highest BCUT2D eigenvalue weighted by Gasteiger charge is 2.40. The molecule has 188 valence electrons. The van der Waals surface area contributed by atoms with Crippen LogP contribution in [-0.4, -0.2) is 52.8 Å². The lowest BCUT2D eigenvalue weighted by Crippen LogP contribution is -2.32. The van der Waals surface area contributed by atoms with Crippen molar-refractivity contribution in [2.45, 2.75) is 19.9 Å². The van der Waals surface area contributed by atoms with Crippen LogP contribution < -0.4 is 11.1 Å². The van der Waals surface area contributed by atoms with Gasteiger partial charge in [0.2, 0.25) is 11.6 Å². The number of aromatic hydroxyl groups is 1. The van der Waals surface area contributed by atoms with Crippen LogP contribution in [0.5, 0.6) is 5.75 Å². The minimum Gasteiger partial charge on any atom is -0.507 e. The number of nitro benzene ring substituents is 1. The standard InChI is InChI=1S/C24H23N3O9/c1-4-17(29)35-9-11(2)10-36-24(32)12(3)26-14-6-5-13(25)18-19(14)23(31)21-16(28)8-7-15(27(33)34)20(21)22(18)30/h4-8,11-12,26,28H,1,9-10,25H2,2-3H3. The Labute approximate surface area is 204 Å². The third-order valence-corrected chi connectivity index (χ3v) is 5.42. The number of rotatable bonds is 9. The van der Waals surface area contributed by atoms with E-state index in [4.69, 9.17) is 15.2 Å². The third kappa shape index (κ3) is 4.87. The first-order chi connectivity index (χ1) is 17.0. The fraction of sp³-hybridized carbons (Fsp3) is 0.250. The lowest BCUT2D eigenvalue weighted by Gasteiger charge is -2.24. The van der Waals surface area contributed by atoms with Crippen LogP contribution in [0.15, 0.2) is 36.9 Å². The van der Waals surface area contributed by atoms with Crippen molar-refractivity contribution in [3.8, 4) is 5.75 Å². The zero-order chi connectivity index (χ0) is 26.7. The van der Waals surface area contributed by atoms with Crippen LogP contribution in [0, 0.1) is 16.0 Å². The summed E-state index contributed by atoms with van der Waals surface area (Å²) in [6.07, 6.45) is 1.01. The van der Waals surface area contributed by atoms with Crippen molar-refractivity contribution in [1.82, 2.24) is 0 Å². The highest BCUT2D eigenvalue weighted by Crippen LogP contribution is 2.42. The molecule has 0 radical (unpaired) electrons. The van der Waals surface area contributed by atoms with Gasteiger partial charge in [-0.15, -0.1) is 0 Å². The Bertz CT molecular complexity index is 1300. The summed E-state index contributed by atoms with van der Waals surface area (Å²) in [4.78, 5) is 60.8. The number of fused-ring (bicyclic) bond motifs is 2. The first-order valence-electron chi connectivity index (χ1n) is 10.7. The molecule has 0 fully saturated rings. The van der Waals surface area contributed by atoms with Gasteiger partial charge in [-0.2, -0.15) is 0 Å². The number of nitro groups is 1. The number of phenolic OH excluding ortho intramolecular Hbond substituents is 1. The van der Waals surface area contributed by atoms with Gasteiger partial charge in [0.25, 0.3) is 5.69 Å². The second-order valence-corrected chi connectivity index (χ2v) is 8.16. The normalized spacial score (nSPS) is 13.6. The summed E-state index contributed by atoms with van der Waals surface area (Å²) in [5.41, 5.74) is 3.67. The maximum atomic E-state index is 13.3. The van der Waals surface area contributed by atoms with E-state index in [0.29, 0.717) is 0 Å². The fourth-order valence-electron chi connectivity index (χ4n) is 3.64. The molecule has 1 aliphatic rings. The van der Waals surface area contributed by atoms with Crippen LogP contribution in [0.2, 0.25) is 0 Å². The number of anilines is 2. The summed E-state index contributed by atoms with van der Waals surface area (Å²) in [7, 11) is 0. The molecule has 0 heterocycles. The van der Waals surface area contributed by atoms with Gasteiger partial charge in [0.05, 0.1) is 34.8 Å². The monoisotopic (exact) mass is 497 g/mol. The van der Waals surface area contributed by atoms with Crippen LogP contribution in [0.25, 0.3) is 0 Å². The van der Waals surface area contributed by atoms with Crippen LogP contribution in [0.1, 0.15) is 45.7 Å². The Hall–Kier alpha value is -4.74. The number of nitrogens with zero attached hydrogens (tertiary/aromatic N) is 1. The average Bonchev–Trinajstić information content (AvgIpc) is 2.84. The fourth-order valence-corrected chi connectivity index (χ4v) is 3.64. The molecule has 2 aromatic carbocycles. The molecule has 2 unspecified atom stereocenters. The number of hydrogen-bond donors (Lipinski definition) is 3. The summed E-state index contributed by atoms with van der Waals surface area (Å²) < 4.78 is 10.1. The Morgan fingerprint density at radius 1 is 1.08 bits per heavy atom. The van der Waals surface area contributed by atoms with E-state index < -0.39 is 57.0 Å². The summed E-state index contributed by atoms with van der Waals surface area (Å²) in [6, 6.07) is 3.59. The molecule has 0 spiro atoms. The Morgan fingerprint density at radius 2 is 1.72 bits per heavy atom. The molecular weight excluding hydrogens is 474 g/mol. The first-order valence-corrected chi connectivity index (χ1v) is 10.7. The summed E-state index contributed by atoms with van der Waals surface area (Å²) in [6.45, 7) is 6.40. The summed E-state index contributed by atoms with van der Waals surface area (Å²) in [5.74, 6) is -3.98. The number of hydrogen-bond acceptors (Lipinski definition) is 11. The van der Waals surface area contributed by atoms with E-state index in [9.17, 15) is 34.4 Å². The SMILES string of the molecule is C=CC(=O)OCC(C)COC(=O)C(C)Nc1ccc(N)c2c1C(=O)c1c(O)ccc([N+](=O)[O-])c1C2=O. The van der Waals surface area contributed by atoms with Crippen molar-refractivity contribution in [2.24, 2.45) is 5.92 Å². The van der Waals surface area contributed by atoms with Crippen LogP contribution in [-0.2, 0) is 19.1 Å². The van der Waals surface area contributed by atoms with Crippen molar-refractivity contribution in [3.05, 3.63) is 69.3 Å². The number of carbonyl (C=O) groups is 4. The van der Waals surface area contributed by atoms with Gasteiger partial charge >= 0.3 is 11.9 Å². The summed E-state index contributed by atoms with van der Waals surface area (Å²) in [5, 5.41) is 24.5. The van der Waals surface area contributed by atoms with Crippen molar-refractivity contribution < 1.29 is 38.7 Å². The number of ether oxygens (including phenoxy) is 2. The number of esters is 2. The molecule has 4 N–H and O–H groups in total. The average molecular weight is 497 g/mol. The lowest BCUT2D eigenvalue weighted by atomic mass is 9.81. The number of benzene rings is 2. The molecule has 0 saturated carbocycles. The Kier molecular flexibility index (Phi) is 7.37. The van der Waals surface area contributed by atoms with Gasteiger partial charge in [-0.05, 0) is 25.1 Å². The maximum Gasteiger partial charge on any atom is 0.330 e. The largest absolute Gasteiger partial charge is 0.507 e. The van der Waals surface area contributed by atoms with E-state index in [1.807, 2.05) is 0 Å². The van der Waals surface area contributed by atoms with Crippen molar-refractivity contribution in [1.29, 1.82) is 0 Å². The zero-order valence-corrected chi connectivity index (χ0v) is 19.4. The van der Waals surface area contributed by atoms with Gasteiger partial charge in [0.15, 0.2) is 0 Å². The molecule has 12 heteroatoms. The quantitative estimate of drug-likeness (QED) is 0.129. The number of phenols is 1. The Morgan fingerprint density at radius 3 is 2.36 bits per heavy atom. The van der Waals surface area contributed by atoms with Gasteiger partial charge in [0, 0.05) is 29.4 Å². The number of nitrogen functional groups attached to an aromatic ring is 1. The van der Waals surface area contributed by atoms with E-state index in [2.05, 4.69) is 11.9 Å². The van der Waals surface area contributed by atoms with Crippen LogP contribution >= 0.6 is 0 Å². The molecule has 0 saturated heterocycles. The van der Waals surface area contributed by atoms with Crippen LogP contribution in [0.4, 0.5) is 17.1 Å². The summed E-state index contributed by atoms with van der Waals surface area (Å²) >= 11 is 0. The van der Waals surface area contributed by atoms with E-state index in [-0.39, 0.29) is 41.6 Å². The van der Waals surface area contributed by atoms with Crippen molar-refractivity contribution in [2.75, 3.05) is 24.3 Å². The number of ketones is 2. The molecule has 2 atom stereocenters. The second kappa shape index (κ2) is 10.3. The third-order valence-electron chi connectivity index (χ3n) is 5.42. The van der Waals surface area contributed by atoms with E-state index in [1.165, 1.54) is 19.1 Å². The van der Waals surface area contributed by atoms with Gasteiger partial charge in [-0.1, -0.05) is 13.5 Å². The maximum absolute atomic E-state index is 13.3. The molecule has 36 heavy (non-hydrogen) atoms. The zero-order valence-electron chi connectivity index (χ0n) is 19.4. The minimum atomic E-state index is -0.997. The molecule has 12 nitrogen and oxygen atoms in total. The molecule has 2 aromatic rings. The Balaban J connectivity index is 1.86. The molecule has 0 amide bonds. The second-order valence-electron chi connectivity index (χ2n) is 8.16. The van der Waals surface area contributed by atoms with E-state index >= 15 is 0 Å². The number of nitrogens with two attached hydrogens (primary N) is 1. The predicted octanol–water partition coefficient (Wildman–Crippen LogP) is 2.37. The smallest absolute Gasteiger partial charge is 0.330 e. The van der Waals surface area contributed by atoms with Gasteiger partial charge in [0.1, 0.15) is 17.4 Å². The molecule has 0 aliphatic heterocycles. The van der Waals surface area contributed by atoms with E-state index in [0.717, 1.165) is 18.2 Å². The molecular formula is C24H23N3O9. The molecule has 0 bridgehead atoms. The highest BCUT2D eigenvalue weighted by molar-refractivity contribution is 6.33. The number of nitrogens with one attached hydrogen (secondary N) is 1. The van der Waals surface area contributed by atoms with Crippen molar-refractivity contribution in [3.63, 3.8) is 0 Å². The lowest BCUT2D eigenvalue weighted by molar-refractivity contribution is -0.385. The van der Waals surface area contributed by atoms with E-state index in [1.54, 1.807) is 6.92 Å². The highest BCUT2D eigenvalue weighted by atomic mass is 16.6. The van der Waals surface area contributed by atoms with Gasteiger partial charge in [-0.25, -0.2) is 9.59 Å². The minimum absolute atomic E-state index is 0.0110. The topological polar surface area (TPSA) is 188 Å². The molecule has 3 rings (SSSR count). The number of carbonyl (C=O) groups excluding carboxylic acids is 4. The predicted molar refractivity (Wildman–Crippen MR) is 127 cm³/mol. The molecule has 1 aliphatic carbocycles. The molecule has 0 aromatic heterocycles. The van der Waals surface area contributed by atoms with Crippen molar-refractivity contribution >= 4 is 40.6 Å². The first kappa shape index (κ1) is 25.9. The van der Waals surface area contributed by atoms with Crippen LogP contribution in [0.3, 0.4) is 0 Å².